The molecule has 0 unspecified atom stereocenters. The van der Waals surface area contributed by atoms with Gasteiger partial charge in [-0.15, -0.1) is 0 Å². The van der Waals surface area contributed by atoms with Crippen LogP contribution in [0.15, 0.2) is 18.2 Å². The minimum absolute atomic E-state index is 0.117. The molecule has 94 valence electrons. The van der Waals surface area contributed by atoms with Crippen LogP contribution in [0.5, 0.6) is 0 Å². The Morgan fingerprint density at radius 1 is 1.33 bits per heavy atom. The molecule has 0 saturated carbocycles. The summed E-state index contributed by atoms with van der Waals surface area (Å²) in [7, 11) is 2.04. The highest BCUT2D eigenvalue weighted by Gasteiger charge is 2.22. The summed E-state index contributed by atoms with van der Waals surface area (Å²) in [6, 6.07) is 6.74. The number of likely N-dealkylation sites (N-methyl/N-ethyl adjacent to an activating group) is 1. The number of nitro benzene ring substituents is 1. The van der Waals surface area contributed by atoms with Crippen molar-refractivity contribution in [1.82, 2.24) is 4.90 Å². The van der Waals surface area contributed by atoms with Crippen LogP contribution in [-0.2, 0) is 0 Å². The van der Waals surface area contributed by atoms with Gasteiger partial charge in [0.2, 0.25) is 0 Å². The van der Waals surface area contributed by atoms with Crippen LogP contribution >= 0.6 is 0 Å². The van der Waals surface area contributed by atoms with E-state index in [4.69, 9.17) is 5.26 Å². The van der Waals surface area contributed by atoms with Gasteiger partial charge in [0.15, 0.2) is 5.56 Å². The van der Waals surface area contributed by atoms with E-state index in [0.717, 1.165) is 26.2 Å². The zero-order chi connectivity index (χ0) is 13.1. The quantitative estimate of drug-likeness (QED) is 0.579. The van der Waals surface area contributed by atoms with Crippen molar-refractivity contribution in [1.29, 1.82) is 5.26 Å². The zero-order valence-corrected chi connectivity index (χ0v) is 10.2. The molecule has 0 bridgehead atoms. The van der Waals surface area contributed by atoms with E-state index in [1.165, 1.54) is 6.07 Å². The average Bonchev–Trinajstić information content (AvgIpc) is 2.38. The van der Waals surface area contributed by atoms with E-state index < -0.39 is 4.92 Å². The largest absolute Gasteiger partial charge is 0.368 e. The number of hydrogen-bond donors (Lipinski definition) is 0. The fraction of sp³-hybridized carbons (Fsp3) is 0.417. The molecule has 0 atom stereocenters. The summed E-state index contributed by atoms with van der Waals surface area (Å²) in [5, 5.41) is 20.0. The lowest BCUT2D eigenvalue weighted by molar-refractivity contribution is -0.385. The third-order valence-electron chi connectivity index (χ3n) is 3.17. The summed E-state index contributed by atoms with van der Waals surface area (Å²) in [5.74, 6) is 0. The molecule has 1 aliphatic heterocycles. The molecule has 0 radical (unpaired) electrons. The van der Waals surface area contributed by atoms with Crippen molar-refractivity contribution in [3.8, 4) is 6.07 Å². The van der Waals surface area contributed by atoms with Gasteiger partial charge >= 0.3 is 0 Å². The van der Waals surface area contributed by atoms with E-state index in [-0.39, 0.29) is 11.3 Å². The first-order valence-electron chi connectivity index (χ1n) is 5.74. The Labute approximate surface area is 105 Å². The first kappa shape index (κ1) is 12.3. The van der Waals surface area contributed by atoms with Crippen molar-refractivity contribution in [2.24, 2.45) is 0 Å². The van der Waals surface area contributed by atoms with Gasteiger partial charge in [0.25, 0.3) is 5.69 Å². The number of anilines is 1. The van der Waals surface area contributed by atoms with E-state index in [1.54, 1.807) is 12.1 Å². The molecule has 18 heavy (non-hydrogen) atoms. The molecule has 0 aromatic heterocycles. The molecule has 1 fully saturated rings. The Balaban J connectivity index is 2.36. The molecule has 2 rings (SSSR count). The molecule has 0 spiro atoms. The highest BCUT2D eigenvalue weighted by atomic mass is 16.6. The van der Waals surface area contributed by atoms with Crippen LogP contribution in [0.1, 0.15) is 5.56 Å². The van der Waals surface area contributed by atoms with Gasteiger partial charge in [-0.3, -0.25) is 10.1 Å². The lowest BCUT2D eigenvalue weighted by Gasteiger charge is -2.34. The first-order valence-corrected chi connectivity index (χ1v) is 5.74. The van der Waals surface area contributed by atoms with E-state index in [9.17, 15) is 10.1 Å². The van der Waals surface area contributed by atoms with Crippen LogP contribution in [0.3, 0.4) is 0 Å². The number of nitriles is 1. The Hall–Kier alpha value is -2.13. The van der Waals surface area contributed by atoms with Gasteiger partial charge in [-0.25, -0.2) is 0 Å². The Morgan fingerprint density at radius 2 is 2.00 bits per heavy atom. The maximum Gasteiger partial charge on any atom is 0.289 e. The molecule has 1 saturated heterocycles. The van der Waals surface area contributed by atoms with Crippen LogP contribution in [0, 0.1) is 21.4 Å². The Kier molecular flexibility index (Phi) is 3.44. The number of rotatable bonds is 2. The minimum Gasteiger partial charge on any atom is -0.368 e. The molecule has 1 heterocycles. The van der Waals surface area contributed by atoms with Crippen LogP contribution in [0.4, 0.5) is 11.4 Å². The third-order valence-corrected chi connectivity index (χ3v) is 3.17. The van der Waals surface area contributed by atoms with Crippen molar-refractivity contribution in [3.05, 3.63) is 33.9 Å². The molecule has 0 aliphatic carbocycles. The second kappa shape index (κ2) is 5.02. The normalized spacial score (nSPS) is 16.3. The maximum absolute atomic E-state index is 10.9. The molecular weight excluding hydrogens is 232 g/mol. The predicted molar refractivity (Wildman–Crippen MR) is 67.5 cm³/mol. The van der Waals surface area contributed by atoms with E-state index in [1.807, 2.05) is 18.0 Å². The van der Waals surface area contributed by atoms with Gasteiger partial charge in [-0.05, 0) is 13.1 Å². The van der Waals surface area contributed by atoms with Crippen molar-refractivity contribution < 1.29 is 4.92 Å². The highest BCUT2D eigenvalue weighted by Crippen LogP contribution is 2.28. The molecule has 6 nitrogen and oxygen atoms in total. The maximum atomic E-state index is 10.9. The van der Waals surface area contributed by atoms with Gasteiger partial charge in [0.1, 0.15) is 6.07 Å². The number of nitrogens with zero attached hydrogens (tertiary/aromatic N) is 4. The molecular formula is C12H14N4O2. The molecule has 1 aromatic carbocycles. The minimum atomic E-state index is -0.502. The molecule has 0 amide bonds. The van der Waals surface area contributed by atoms with E-state index in [0.29, 0.717) is 5.69 Å². The zero-order valence-electron chi connectivity index (χ0n) is 10.2. The number of nitro groups is 1. The number of piperazine rings is 1. The summed E-state index contributed by atoms with van der Waals surface area (Å²) in [4.78, 5) is 14.6. The Morgan fingerprint density at radius 3 is 2.56 bits per heavy atom. The summed E-state index contributed by atoms with van der Waals surface area (Å²) in [5.41, 5.74) is 0.709. The van der Waals surface area contributed by atoms with Gasteiger partial charge < -0.3 is 9.80 Å². The predicted octanol–water partition coefficient (Wildman–Crippen LogP) is 1.22. The monoisotopic (exact) mass is 246 g/mol. The summed E-state index contributed by atoms with van der Waals surface area (Å²) in [6.07, 6.45) is 0. The van der Waals surface area contributed by atoms with Gasteiger partial charge in [0, 0.05) is 32.2 Å². The second-order valence-electron chi connectivity index (χ2n) is 4.33. The van der Waals surface area contributed by atoms with Crippen molar-refractivity contribution in [2.75, 3.05) is 38.1 Å². The van der Waals surface area contributed by atoms with Crippen LogP contribution < -0.4 is 4.90 Å². The SMILES string of the molecule is CN1CCN(c2cccc([N+](=O)[O-])c2C#N)CC1. The number of hydrogen-bond acceptors (Lipinski definition) is 5. The fourth-order valence-electron chi connectivity index (χ4n) is 2.11. The average molecular weight is 246 g/mol. The van der Waals surface area contributed by atoms with Crippen molar-refractivity contribution in [2.45, 2.75) is 0 Å². The van der Waals surface area contributed by atoms with Crippen LogP contribution in [0.25, 0.3) is 0 Å². The number of benzene rings is 1. The molecule has 6 heteroatoms. The topological polar surface area (TPSA) is 73.4 Å². The lowest BCUT2D eigenvalue weighted by Crippen LogP contribution is -2.44. The molecule has 0 N–H and O–H groups in total. The van der Waals surface area contributed by atoms with E-state index in [2.05, 4.69) is 4.90 Å². The van der Waals surface area contributed by atoms with E-state index >= 15 is 0 Å². The molecule has 1 aromatic rings. The smallest absolute Gasteiger partial charge is 0.289 e. The van der Waals surface area contributed by atoms with Crippen LogP contribution in [0.2, 0.25) is 0 Å². The summed E-state index contributed by atoms with van der Waals surface area (Å²) in [6.45, 7) is 3.36. The van der Waals surface area contributed by atoms with Gasteiger partial charge in [-0.1, -0.05) is 6.07 Å². The molecule has 1 aliphatic rings. The Bertz CT molecular complexity index is 501. The third kappa shape index (κ3) is 2.26. The summed E-state index contributed by atoms with van der Waals surface area (Å²) < 4.78 is 0. The standard InChI is InChI=1S/C12H14N4O2/c1-14-5-7-15(8-6-14)11-3-2-4-12(16(17)18)10(11)9-13/h2-4H,5-8H2,1H3. The fourth-order valence-corrected chi connectivity index (χ4v) is 2.11. The van der Waals surface area contributed by atoms with Crippen molar-refractivity contribution >= 4 is 11.4 Å². The van der Waals surface area contributed by atoms with Crippen molar-refractivity contribution in [3.63, 3.8) is 0 Å². The first-order chi connectivity index (χ1) is 8.63. The lowest BCUT2D eigenvalue weighted by atomic mass is 10.1. The highest BCUT2D eigenvalue weighted by molar-refractivity contribution is 5.67. The van der Waals surface area contributed by atoms with Gasteiger partial charge in [-0.2, -0.15) is 5.26 Å². The second-order valence-corrected chi connectivity index (χ2v) is 4.33. The summed E-state index contributed by atoms with van der Waals surface area (Å²) >= 11 is 0. The van der Waals surface area contributed by atoms with Crippen LogP contribution in [-0.4, -0.2) is 43.0 Å². The van der Waals surface area contributed by atoms with Gasteiger partial charge in [0.05, 0.1) is 10.6 Å².